The van der Waals surface area contributed by atoms with E-state index in [1.165, 1.54) is 0 Å². The topological polar surface area (TPSA) is 68.1 Å². The highest BCUT2D eigenvalue weighted by molar-refractivity contribution is 7.20. The molecule has 1 N–H and O–H groups in total. The Morgan fingerprint density at radius 3 is 3.00 bits per heavy atom. The van der Waals surface area contributed by atoms with Crippen LogP contribution < -0.4 is 4.74 Å². The molecule has 0 aliphatic carbocycles. The number of aromatic amines is 1. The third-order valence-electron chi connectivity index (χ3n) is 3.81. The lowest BCUT2D eigenvalue weighted by atomic mass is 10.2. The number of nitrogens with one attached hydrogen (secondary N) is 1. The van der Waals surface area contributed by atoms with Crippen molar-refractivity contribution in [1.82, 2.24) is 24.6 Å². The van der Waals surface area contributed by atoms with Crippen LogP contribution in [-0.4, -0.2) is 31.7 Å². The summed E-state index contributed by atoms with van der Waals surface area (Å²) in [7, 11) is 1.67. The van der Waals surface area contributed by atoms with Gasteiger partial charge in [0.05, 0.1) is 13.3 Å². The maximum Gasteiger partial charge on any atom is 0.213 e. The second kappa shape index (κ2) is 5.15. The summed E-state index contributed by atoms with van der Waals surface area (Å²) in [6, 6.07) is 5.97. The Labute approximate surface area is 144 Å². The van der Waals surface area contributed by atoms with E-state index in [-0.39, 0.29) is 0 Å². The Balaban J connectivity index is 1.63. The van der Waals surface area contributed by atoms with Crippen LogP contribution in [0.15, 0.2) is 42.2 Å². The van der Waals surface area contributed by atoms with Gasteiger partial charge in [0.1, 0.15) is 21.5 Å². The number of H-pyrrole nitrogens is 1. The molecule has 0 fully saturated rings. The van der Waals surface area contributed by atoms with Gasteiger partial charge in [0.15, 0.2) is 0 Å². The van der Waals surface area contributed by atoms with Crippen molar-refractivity contribution in [1.29, 1.82) is 0 Å². The molecule has 0 amide bonds. The molecule has 0 saturated heterocycles. The van der Waals surface area contributed by atoms with Gasteiger partial charge in [-0.2, -0.15) is 5.10 Å². The first-order valence-corrected chi connectivity index (χ1v) is 8.93. The Morgan fingerprint density at radius 2 is 2.21 bits per heavy atom. The van der Waals surface area contributed by atoms with Gasteiger partial charge in [-0.1, -0.05) is 11.3 Å². The van der Waals surface area contributed by atoms with Gasteiger partial charge < -0.3 is 9.72 Å². The van der Waals surface area contributed by atoms with Crippen molar-refractivity contribution < 1.29 is 4.74 Å². The van der Waals surface area contributed by atoms with Crippen LogP contribution in [0, 0.1) is 0 Å². The van der Waals surface area contributed by atoms with Crippen LogP contribution in [-0.2, 0) is 0 Å². The van der Waals surface area contributed by atoms with Gasteiger partial charge in [-0.05, 0) is 18.2 Å². The van der Waals surface area contributed by atoms with E-state index < -0.39 is 0 Å². The van der Waals surface area contributed by atoms with Crippen LogP contribution >= 0.6 is 22.7 Å². The van der Waals surface area contributed by atoms with Gasteiger partial charge in [0, 0.05) is 34.2 Å². The van der Waals surface area contributed by atoms with Crippen LogP contribution in [0.3, 0.4) is 0 Å². The summed E-state index contributed by atoms with van der Waals surface area (Å²) in [5.41, 5.74) is 2.97. The minimum absolute atomic E-state index is 0.829. The molecule has 0 unspecified atom stereocenters. The Kier molecular flexibility index (Phi) is 2.94. The van der Waals surface area contributed by atoms with Crippen molar-refractivity contribution in [3.8, 4) is 27.0 Å². The molecule has 4 heterocycles. The fourth-order valence-corrected chi connectivity index (χ4v) is 4.17. The van der Waals surface area contributed by atoms with Gasteiger partial charge in [-0.15, -0.1) is 11.3 Å². The van der Waals surface area contributed by atoms with Crippen molar-refractivity contribution in [2.24, 2.45) is 0 Å². The zero-order valence-electron chi connectivity index (χ0n) is 12.6. The summed E-state index contributed by atoms with van der Waals surface area (Å²) in [6.45, 7) is 0. The fraction of sp³-hybridized carbons (Fsp3) is 0.0625. The molecular weight excluding hydrogens is 342 g/mol. The molecule has 0 aliphatic rings. The first-order valence-electron chi connectivity index (χ1n) is 7.23. The first-order chi connectivity index (χ1) is 11.8. The van der Waals surface area contributed by atoms with Gasteiger partial charge in [-0.25, -0.2) is 14.5 Å². The summed E-state index contributed by atoms with van der Waals surface area (Å²) < 4.78 is 7.14. The summed E-state index contributed by atoms with van der Waals surface area (Å²) in [5, 5.41) is 9.54. The lowest BCUT2D eigenvalue weighted by molar-refractivity contribution is 0.415. The van der Waals surface area contributed by atoms with Crippen molar-refractivity contribution in [3.05, 3.63) is 42.2 Å². The normalized spacial score (nSPS) is 11.5. The summed E-state index contributed by atoms with van der Waals surface area (Å²) in [5.74, 6) is 0.829. The fourth-order valence-electron chi connectivity index (χ4n) is 2.67. The monoisotopic (exact) mass is 353 g/mol. The number of benzene rings is 1. The molecule has 5 aromatic rings. The molecule has 0 aliphatic heterocycles. The SMILES string of the molecule is COc1ccc2[nH]cc(-c3nn4cc(-c5nccs5)nc4s3)c2c1. The zero-order chi connectivity index (χ0) is 16.1. The molecule has 0 bridgehead atoms. The summed E-state index contributed by atoms with van der Waals surface area (Å²) >= 11 is 3.13. The summed E-state index contributed by atoms with van der Waals surface area (Å²) in [6.07, 6.45) is 5.68. The van der Waals surface area contributed by atoms with Crippen molar-refractivity contribution >= 4 is 38.5 Å². The molecule has 0 saturated carbocycles. The van der Waals surface area contributed by atoms with E-state index in [1.54, 1.807) is 36.0 Å². The van der Waals surface area contributed by atoms with Crippen LogP contribution in [0.5, 0.6) is 5.75 Å². The van der Waals surface area contributed by atoms with E-state index in [9.17, 15) is 0 Å². The maximum atomic E-state index is 5.33. The smallest absolute Gasteiger partial charge is 0.213 e. The molecule has 6 nitrogen and oxygen atoms in total. The molecule has 24 heavy (non-hydrogen) atoms. The van der Waals surface area contributed by atoms with Crippen LogP contribution in [0.25, 0.3) is 37.1 Å². The predicted molar refractivity (Wildman–Crippen MR) is 95.8 cm³/mol. The number of nitrogens with zero attached hydrogens (tertiary/aromatic N) is 4. The molecule has 4 aromatic heterocycles. The van der Waals surface area contributed by atoms with Crippen LogP contribution in [0.2, 0.25) is 0 Å². The third-order valence-corrected chi connectivity index (χ3v) is 5.57. The minimum atomic E-state index is 0.829. The average molecular weight is 353 g/mol. The van der Waals surface area contributed by atoms with Crippen molar-refractivity contribution in [3.63, 3.8) is 0 Å². The van der Waals surface area contributed by atoms with Crippen molar-refractivity contribution in [2.75, 3.05) is 7.11 Å². The van der Waals surface area contributed by atoms with Crippen LogP contribution in [0.4, 0.5) is 0 Å². The Morgan fingerprint density at radius 1 is 1.25 bits per heavy atom. The Hall–Kier alpha value is -2.71. The van der Waals surface area contributed by atoms with Gasteiger partial charge in [-0.3, -0.25) is 0 Å². The highest BCUT2D eigenvalue weighted by Crippen LogP contribution is 2.34. The number of thiazole rings is 1. The van der Waals surface area contributed by atoms with Crippen LogP contribution in [0.1, 0.15) is 0 Å². The number of aromatic nitrogens is 5. The number of rotatable bonds is 3. The van der Waals surface area contributed by atoms with E-state index >= 15 is 0 Å². The van der Waals surface area contributed by atoms with Gasteiger partial charge in [0.2, 0.25) is 4.96 Å². The first kappa shape index (κ1) is 13.7. The lowest BCUT2D eigenvalue weighted by Gasteiger charge is -1.99. The molecule has 0 spiro atoms. The minimum Gasteiger partial charge on any atom is -0.497 e. The van der Waals surface area contributed by atoms with Gasteiger partial charge >= 0.3 is 0 Å². The lowest BCUT2D eigenvalue weighted by Crippen LogP contribution is -1.83. The second-order valence-electron chi connectivity index (χ2n) is 5.21. The van der Waals surface area contributed by atoms with E-state index in [1.807, 2.05) is 40.5 Å². The van der Waals surface area contributed by atoms with E-state index in [0.29, 0.717) is 0 Å². The summed E-state index contributed by atoms with van der Waals surface area (Å²) in [4.78, 5) is 13.1. The quantitative estimate of drug-likeness (QED) is 0.531. The number of methoxy groups -OCH3 is 1. The highest BCUT2D eigenvalue weighted by atomic mass is 32.1. The molecule has 118 valence electrons. The van der Waals surface area contributed by atoms with E-state index in [2.05, 4.69) is 20.1 Å². The molecule has 5 rings (SSSR count). The number of imidazole rings is 1. The molecule has 8 heteroatoms. The second-order valence-corrected chi connectivity index (χ2v) is 7.06. The standard InChI is InChI=1S/C16H11N5OS2/c1-22-9-2-3-12-10(6-9)11(7-18-12)14-20-21-8-13(19-16(21)24-14)15-17-4-5-23-15/h2-8,18H,1H3. The number of hydrogen-bond donors (Lipinski definition) is 1. The average Bonchev–Trinajstić information content (AvgIpc) is 3.34. The number of ether oxygens (including phenoxy) is 1. The molecule has 0 atom stereocenters. The van der Waals surface area contributed by atoms with Crippen molar-refractivity contribution in [2.45, 2.75) is 0 Å². The van der Waals surface area contributed by atoms with E-state index in [4.69, 9.17) is 4.74 Å². The van der Waals surface area contributed by atoms with E-state index in [0.717, 1.165) is 42.9 Å². The number of hydrogen-bond acceptors (Lipinski definition) is 6. The largest absolute Gasteiger partial charge is 0.497 e. The third kappa shape index (κ3) is 2.04. The van der Waals surface area contributed by atoms with Gasteiger partial charge in [0.25, 0.3) is 0 Å². The maximum absolute atomic E-state index is 5.33. The molecule has 1 aromatic carbocycles. The highest BCUT2D eigenvalue weighted by Gasteiger charge is 2.15. The Bertz CT molecular complexity index is 1120. The number of fused-ring (bicyclic) bond motifs is 2. The molecular formula is C16H11N5OS2. The zero-order valence-corrected chi connectivity index (χ0v) is 14.2. The predicted octanol–water partition coefficient (Wildman–Crippen LogP) is 4.07. The molecule has 0 radical (unpaired) electrons.